The first-order valence-electron chi connectivity index (χ1n) is 5.25. The van der Waals surface area contributed by atoms with Gasteiger partial charge in [0.05, 0.1) is 0 Å². The maximum atomic E-state index is 3.59. The molecular formula is C10H20N2. The largest absolute Gasteiger partial charge is 0.311 e. The second-order valence-corrected chi connectivity index (χ2v) is 4.53. The van der Waals surface area contributed by atoms with Gasteiger partial charge in [0.2, 0.25) is 0 Å². The Hall–Kier alpha value is -0.0800. The first-order valence-corrected chi connectivity index (χ1v) is 5.25. The molecule has 0 bridgehead atoms. The molecule has 70 valence electrons. The summed E-state index contributed by atoms with van der Waals surface area (Å²) < 4.78 is 0. The molecule has 1 aliphatic heterocycles. The predicted molar refractivity (Wildman–Crippen MR) is 51.2 cm³/mol. The lowest BCUT2D eigenvalue weighted by Gasteiger charge is -2.35. The van der Waals surface area contributed by atoms with E-state index >= 15 is 0 Å². The summed E-state index contributed by atoms with van der Waals surface area (Å²) in [6.45, 7) is 8.37. The fraction of sp³-hybridized carbons (Fsp3) is 1.00. The Morgan fingerprint density at radius 2 is 2.08 bits per heavy atom. The molecule has 2 aliphatic rings. The molecule has 1 atom stereocenters. The van der Waals surface area contributed by atoms with Crippen LogP contribution in [0.25, 0.3) is 0 Å². The van der Waals surface area contributed by atoms with Crippen molar-refractivity contribution in [1.82, 2.24) is 10.2 Å². The predicted octanol–water partition coefficient (Wildman–Crippen LogP) is 1.08. The van der Waals surface area contributed by atoms with E-state index in [9.17, 15) is 0 Å². The van der Waals surface area contributed by atoms with Gasteiger partial charge in [0.15, 0.2) is 0 Å². The lowest BCUT2D eigenvalue weighted by atomic mass is 10.0. The van der Waals surface area contributed by atoms with E-state index in [0.717, 1.165) is 18.0 Å². The summed E-state index contributed by atoms with van der Waals surface area (Å²) in [5.41, 5.74) is 0. The summed E-state index contributed by atoms with van der Waals surface area (Å²) in [7, 11) is 0. The molecule has 0 aromatic carbocycles. The number of hydrogen-bond donors (Lipinski definition) is 1. The fourth-order valence-corrected chi connectivity index (χ4v) is 2.02. The van der Waals surface area contributed by atoms with Crippen molar-refractivity contribution in [2.45, 2.75) is 38.8 Å². The van der Waals surface area contributed by atoms with E-state index in [1.54, 1.807) is 0 Å². The molecule has 12 heavy (non-hydrogen) atoms. The highest BCUT2D eigenvalue weighted by molar-refractivity contribution is 4.90. The molecule has 2 fully saturated rings. The minimum Gasteiger partial charge on any atom is -0.311 e. The van der Waals surface area contributed by atoms with Crippen molar-refractivity contribution in [3.63, 3.8) is 0 Å². The van der Waals surface area contributed by atoms with Gasteiger partial charge in [-0.2, -0.15) is 0 Å². The van der Waals surface area contributed by atoms with Crippen LogP contribution in [-0.4, -0.2) is 36.6 Å². The molecule has 1 heterocycles. The molecule has 1 aliphatic carbocycles. The lowest BCUT2D eigenvalue weighted by molar-refractivity contribution is 0.168. The number of nitrogens with one attached hydrogen (secondary N) is 1. The maximum Gasteiger partial charge on any atom is 0.0218 e. The van der Waals surface area contributed by atoms with Gasteiger partial charge < -0.3 is 5.32 Å². The molecule has 2 rings (SSSR count). The van der Waals surface area contributed by atoms with E-state index in [1.165, 1.54) is 32.5 Å². The van der Waals surface area contributed by atoms with E-state index in [1.807, 2.05) is 0 Å². The summed E-state index contributed by atoms with van der Waals surface area (Å²) in [6.07, 6.45) is 2.90. The highest BCUT2D eigenvalue weighted by Gasteiger charge is 2.32. The van der Waals surface area contributed by atoms with Crippen molar-refractivity contribution in [2.24, 2.45) is 5.92 Å². The molecule has 0 aromatic heterocycles. The zero-order valence-electron chi connectivity index (χ0n) is 8.21. The van der Waals surface area contributed by atoms with Crippen LogP contribution in [0.5, 0.6) is 0 Å². The zero-order chi connectivity index (χ0) is 8.55. The van der Waals surface area contributed by atoms with E-state index in [-0.39, 0.29) is 0 Å². The van der Waals surface area contributed by atoms with Crippen molar-refractivity contribution >= 4 is 0 Å². The van der Waals surface area contributed by atoms with E-state index in [0.29, 0.717) is 0 Å². The molecule has 0 radical (unpaired) electrons. The summed E-state index contributed by atoms with van der Waals surface area (Å²) >= 11 is 0. The first kappa shape index (κ1) is 8.52. The summed E-state index contributed by atoms with van der Waals surface area (Å²) in [5, 5.41) is 3.59. The smallest absolute Gasteiger partial charge is 0.0218 e. The second kappa shape index (κ2) is 3.35. The third-order valence-corrected chi connectivity index (χ3v) is 3.10. The molecule has 0 aromatic rings. The molecule has 2 nitrogen and oxygen atoms in total. The SMILES string of the molecule is CC(C)C1CN(C2CC2)CCN1. The van der Waals surface area contributed by atoms with Gasteiger partial charge in [-0.15, -0.1) is 0 Å². The third kappa shape index (κ3) is 1.80. The van der Waals surface area contributed by atoms with Crippen LogP contribution in [0.15, 0.2) is 0 Å². The number of piperazine rings is 1. The Morgan fingerprint density at radius 3 is 2.67 bits per heavy atom. The topological polar surface area (TPSA) is 15.3 Å². The normalized spacial score (nSPS) is 32.8. The highest BCUT2D eigenvalue weighted by Crippen LogP contribution is 2.28. The van der Waals surface area contributed by atoms with E-state index < -0.39 is 0 Å². The lowest BCUT2D eigenvalue weighted by Crippen LogP contribution is -2.53. The molecular weight excluding hydrogens is 148 g/mol. The molecule has 0 spiro atoms. The number of rotatable bonds is 2. The van der Waals surface area contributed by atoms with Crippen LogP contribution in [0, 0.1) is 5.92 Å². The quantitative estimate of drug-likeness (QED) is 0.663. The Kier molecular flexibility index (Phi) is 2.37. The second-order valence-electron chi connectivity index (χ2n) is 4.53. The van der Waals surface area contributed by atoms with Gasteiger partial charge in [0, 0.05) is 31.7 Å². The Morgan fingerprint density at radius 1 is 1.33 bits per heavy atom. The average molecular weight is 168 g/mol. The first-order chi connectivity index (χ1) is 5.77. The van der Waals surface area contributed by atoms with Crippen LogP contribution in [-0.2, 0) is 0 Å². The van der Waals surface area contributed by atoms with Crippen molar-refractivity contribution in [1.29, 1.82) is 0 Å². The Bertz CT molecular complexity index is 144. The summed E-state index contributed by atoms with van der Waals surface area (Å²) in [4.78, 5) is 2.67. The summed E-state index contributed by atoms with van der Waals surface area (Å²) in [6, 6.07) is 1.69. The van der Waals surface area contributed by atoms with Crippen molar-refractivity contribution in [3.8, 4) is 0 Å². The number of nitrogens with zero attached hydrogens (tertiary/aromatic N) is 1. The van der Waals surface area contributed by atoms with Gasteiger partial charge >= 0.3 is 0 Å². The van der Waals surface area contributed by atoms with Gasteiger partial charge in [-0.3, -0.25) is 4.90 Å². The fourth-order valence-electron chi connectivity index (χ4n) is 2.02. The molecule has 1 N–H and O–H groups in total. The van der Waals surface area contributed by atoms with Crippen molar-refractivity contribution in [2.75, 3.05) is 19.6 Å². The summed E-state index contributed by atoms with van der Waals surface area (Å²) in [5.74, 6) is 0.784. The Labute approximate surface area is 75.3 Å². The molecule has 1 saturated carbocycles. The van der Waals surface area contributed by atoms with Crippen molar-refractivity contribution < 1.29 is 0 Å². The van der Waals surface area contributed by atoms with E-state index in [2.05, 4.69) is 24.1 Å². The van der Waals surface area contributed by atoms with E-state index in [4.69, 9.17) is 0 Å². The van der Waals surface area contributed by atoms with Crippen LogP contribution in [0.2, 0.25) is 0 Å². The number of hydrogen-bond acceptors (Lipinski definition) is 2. The molecule has 2 heteroatoms. The van der Waals surface area contributed by atoms with Gasteiger partial charge in [-0.25, -0.2) is 0 Å². The standard InChI is InChI=1S/C10H20N2/c1-8(2)10-7-12(6-5-11-10)9-3-4-9/h8-11H,3-7H2,1-2H3. The monoisotopic (exact) mass is 168 g/mol. The minimum atomic E-state index is 0.736. The maximum absolute atomic E-state index is 3.59. The average Bonchev–Trinajstić information content (AvgIpc) is 2.87. The van der Waals surface area contributed by atoms with Gasteiger partial charge in [0.1, 0.15) is 0 Å². The minimum absolute atomic E-state index is 0.736. The van der Waals surface area contributed by atoms with Crippen molar-refractivity contribution in [3.05, 3.63) is 0 Å². The highest BCUT2D eigenvalue weighted by atomic mass is 15.2. The van der Waals surface area contributed by atoms with Crippen LogP contribution in [0.3, 0.4) is 0 Å². The van der Waals surface area contributed by atoms with Gasteiger partial charge in [0.25, 0.3) is 0 Å². The van der Waals surface area contributed by atoms with Gasteiger partial charge in [-0.1, -0.05) is 13.8 Å². The molecule has 0 amide bonds. The van der Waals surface area contributed by atoms with Gasteiger partial charge in [-0.05, 0) is 18.8 Å². The van der Waals surface area contributed by atoms with Crippen LogP contribution < -0.4 is 5.32 Å². The van der Waals surface area contributed by atoms with Crippen LogP contribution in [0.1, 0.15) is 26.7 Å². The van der Waals surface area contributed by atoms with Crippen LogP contribution >= 0.6 is 0 Å². The molecule has 1 unspecified atom stereocenters. The van der Waals surface area contributed by atoms with Crippen LogP contribution in [0.4, 0.5) is 0 Å². The Balaban J connectivity index is 1.85. The molecule has 1 saturated heterocycles. The third-order valence-electron chi connectivity index (χ3n) is 3.10. The zero-order valence-corrected chi connectivity index (χ0v) is 8.21.